The average molecular weight is 221 g/mol. The van der Waals surface area contributed by atoms with Gasteiger partial charge >= 0.3 is 0 Å². The maximum atomic E-state index is 13.8. The molecule has 0 heterocycles. The van der Waals surface area contributed by atoms with Crippen LogP contribution in [0.1, 0.15) is 24.0 Å². The SMILES string of the molecule is COc1cc(F)c(C2(N=C=O)CC2)cc1C. The van der Waals surface area contributed by atoms with E-state index in [4.69, 9.17) is 4.74 Å². The van der Waals surface area contributed by atoms with Crippen molar-refractivity contribution in [1.82, 2.24) is 0 Å². The molecule has 84 valence electrons. The van der Waals surface area contributed by atoms with Gasteiger partial charge in [0.2, 0.25) is 6.08 Å². The molecule has 3 nitrogen and oxygen atoms in total. The highest BCUT2D eigenvalue weighted by Crippen LogP contribution is 2.50. The van der Waals surface area contributed by atoms with Crippen LogP contribution in [0.3, 0.4) is 0 Å². The number of carbonyl (C=O) groups excluding carboxylic acids is 1. The Kier molecular flexibility index (Phi) is 2.52. The molecule has 0 aliphatic heterocycles. The van der Waals surface area contributed by atoms with E-state index < -0.39 is 5.54 Å². The van der Waals surface area contributed by atoms with Gasteiger partial charge in [-0.05, 0) is 31.4 Å². The van der Waals surface area contributed by atoms with E-state index in [-0.39, 0.29) is 5.82 Å². The van der Waals surface area contributed by atoms with Crippen molar-refractivity contribution in [3.05, 3.63) is 29.1 Å². The summed E-state index contributed by atoms with van der Waals surface area (Å²) in [5.74, 6) is 0.131. The first-order chi connectivity index (χ1) is 7.63. The third-order valence-corrected chi connectivity index (χ3v) is 2.97. The molecule has 1 aromatic carbocycles. The Labute approximate surface area is 93.0 Å². The standard InChI is InChI=1S/C12H12FNO2/c1-8-5-9(10(13)6-11(8)16-2)12(3-4-12)14-7-15/h5-6H,3-4H2,1-2H3. The highest BCUT2D eigenvalue weighted by atomic mass is 19.1. The molecule has 2 rings (SSSR count). The summed E-state index contributed by atoms with van der Waals surface area (Å²) < 4.78 is 18.8. The van der Waals surface area contributed by atoms with Crippen LogP contribution in [0.2, 0.25) is 0 Å². The number of hydrogen-bond donors (Lipinski definition) is 0. The largest absolute Gasteiger partial charge is 0.496 e. The first kappa shape index (κ1) is 10.8. The second-order valence-electron chi connectivity index (χ2n) is 4.04. The van der Waals surface area contributed by atoms with Crippen LogP contribution < -0.4 is 4.74 Å². The van der Waals surface area contributed by atoms with Crippen LogP contribution in [0.5, 0.6) is 5.75 Å². The van der Waals surface area contributed by atoms with Crippen LogP contribution in [-0.2, 0) is 10.3 Å². The summed E-state index contributed by atoms with van der Waals surface area (Å²) in [6, 6.07) is 3.03. The smallest absolute Gasteiger partial charge is 0.235 e. The van der Waals surface area contributed by atoms with E-state index in [0.29, 0.717) is 24.2 Å². The zero-order valence-corrected chi connectivity index (χ0v) is 9.21. The molecule has 16 heavy (non-hydrogen) atoms. The van der Waals surface area contributed by atoms with Gasteiger partial charge in [0.05, 0.1) is 7.11 Å². The Hall–Kier alpha value is -1.67. The Morgan fingerprint density at radius 2 is 2.19 bits per heavy atom. The molecule has 0 saturated heterocycles. The Bertz CT molecular complexity index is 474. The average Bonchev–Trinajstić information content (AvgIpc) is 3.02. The fraction of sp³-hybridized carbons (Fsp3) is 0.417. The molecule has 1 aromatic rings. The van der Waals surface area contributed by atoms with Gasteiger partial charge in [-0.25, -0.2) is 9.18 Å². The van der Waals surface area contributed by atoms with E-state index in [1.807, 2.05) is 6.92 Å². The van der Waals surface area contributed by atoms with Gasteiger partial charge in [0, 0.05) is 11.6 Å². The van der Waals surface area contributed by atoms with E-state index in [0.717, 1.165) is 5.56 Å². The van der Waals surface area contributed by atoms with Gasteiger partial charge < -0.3 is 4.74 Å². The van der Waals surface area contributed by atoms with Gasteiger partial charge in [-0.15, -0.1) is 0 Å². The highest BCUT2D eigenvalue weighted by molar-refractivity contribution is 5.46. The molecule has 1 fully saturated rings. The van der Waals surface area contributed by atoms with Crippen LogP contribution in [0.15, 0.2) is 17.1 Å². The van der Waals surface area contributed by atoms with Crippen molar-refractivity contribution in [2.75, 3.05) is 7.11 Å². The van der Waals surface area contributed by atoms with Crippen LogP contribution >= 0.6 is 0 Å². The van der Waals surface area contributed by atoms with Gasteiger partial charge in [0.1, 0.15) is 17.1 Å². The number of isocyanates is 1. The maximum Gasteiger partial charge on any atom is 0.235 e. The monoisotopic (exact) mass is 221 g/mol. The lowest BCUT2D eigenvalue weighted by molar-refractivity contribution is 0.406. The second kappa shape index (κ2) is 3.72. The molecule has 0 spiro atoms. The predicted octanol–water partition coefficient (Wildman–Crippen LogP) is 2.47. The lowest BCUT2D eigenvalue weighted by Gasteiger charge is -2.13. The topological polar surface area (TPSA) is 38.7 Å². The molecule has 0 N–H and O–H groups in total. The van der Waals surface area contributed by atoms with Crippen LogP contribution in [0.25, 0.3) is 0 Å². The molecule has 1 saturated carbocycles. The van der Waals surface area contributed by atoms with Gasteiger partial charge in [-0.1, -0.05) is 0 Å². The van der Waals surface area contributed by atoms with Crippen molar-refractivity contribution in [2.45, 2.75) is 25.3 Å². The molecule has 0 atom stereocenters. The highest BCUT2D eigenvalue weighted by Gasteiger charge is 2.46. The van der Waals surface area contributed by atoms with E-state index >= 15 is 0 Å². The summed E-state index contributed by atoms with van der Waals surface area (Å²) in [6.07, 6.45) is 2.92. The quantitative estimate of drug-likeness (QED) is 0.581. The molecule has 4 heteroatoms. The summed E-state index contributed by atoms with van der Waals surface area (Å²) in [5.41, 5.74) is 0.642. The minimum absolute atomic E-state index is 0.376. The molecular formula is C12H12FNO2. The number of aliphatic imine (C=N–C) groups is 1. The van der Waals surface area contributed by atoms with Crippen molar-refractivity contribution in [3.63, 3.8) is 0 Å². The lowest BCUT2D eigenvalue weighted by Crippen LogP contribution is -2.06. The number of rotatable bonds is 3. The van der Waals surface area contributed by atoms with Crippen molar-refractivity contribution in [2.24, 2.45) is 4.99 Å². The zero-order valence-electron chi connectivity index (χ0n) is 9.21. The van der Waals surface area contributed by atoms with Gasteiger partial charge in [-0.3, -0.25) is 0 Å². The first-order valence-corrected chi connectivity index (χ1v) is 5.06. The molecule has 0 unspecified atom stereocenters. The van der Waals surface area contributed by atoms with Crippen molar-refractivity contribution >= 4 is 6.08 Å². The van der Waals surface area contributed by atoms with Gasteiger partial charge in [0.25, 0.3) is 0 Å². The van der Waals surface area contributed by atoms with Crippen molar-refractivity contribution in [3.8, 4) is 5.75 Å². The third kappa shape index (κ3) is 1.61. The second-order valence-corrected chi connectivity index (χ2v) is 4.04. The minimum atomic E-state index is -0.664. The van der Waals surface area contributed by atoms with Crippen LogP contribution in [-0.4, -0.2) is 13.2 Å². The molecule has 1 aliphatic rings. The van der Waals surface area contributed by atoms with E-state index in [9.17, 15) is 9.18 Å². The zero-order chi connectivity index (χ0) is 11.8. The van der Waals surface area contributed by atoms with E-state index in [2.05, 4.69) is 4.99 Å². The summed E-state index contributed by atoms with van der Waals surface area (Å²) in [5, 5.41) is 0. The number of ether oxygens (including phenoxy) is 1. The van der Waals surface area contributed by atoms with Gasteiger partial charge in [0.15, 0.2) is 0 Å². The molecule has 0 aromatic heterocycles. The maximum absolute atomic E-state index is 13.8. The van der Waals surface area contributed by atoms with Crippen LogP contribution in [0, 0.1) is 12.7 Å². The Balaban J connectivity index is 2.50. The molecular weight excluding hydrogens is 209 g/mol. The molecule has 0 amide bonds. The number of nitrogens with zero attached hydrogens (tertiary/aromatic N) is 1. The summed E-state index contributed by atoms with van der Waals surface area (Å²) in [7, 11) is 1.50. The first-order valence-electron chi connectivity index (χ1n) is 5.06. The molecule has 0 radical (unpaired) electrons. The number of hydrogen-bond acceptors (Lipinski definition) is 3. The third-order valence-electron chi connectivity index (χ3n) is 2.97. The number of aryl methyl sites for hydroxylation is 1. The summed E-state index contributed by atoms with van der Waals surface area (Å²) >= 11 is 0. The minimum Gasteiger partial charge on any atom is -0.496 e. The summed E-state index contributed by atoms with van der Waals surface area (Å²) in [4.78, 5) is 14.0. The fourth-order valence-electron chi connectivity index (χ4n) is 1.89. The van der Waals surface area contributed by atoms with E-state index in [1.54, 1.807) is 6.07 Å². The molecule has 0 bridgehead atoms. The Morgan fingerprint density at radius 1 is 1.50 bits per heavy atom. The Morgan fingerprint density at radius 3 is 2.69 bits per heavy atom. The number of halogens is 1. The molecule has 1 aliphatic carbocycles. The lowest BCUT2D eigenvalue weighted by atomic mass is 10.0. The van der Waals surface area contributed by atoms with Crippen molar-refractivity contribution < 1.29 is 13.9 Å². The summed E-state index contributed by atoms with van der Waals surface area (Å²) in [6.45, 7) is 1.84. The van der Waals surface area contributed by atoms with Crippen LogP contribution in [0.4, 0.5) is 4.39 Å². The van der Waals surface area contributed by atoms with Gasteiger partial charge in [-0.2, -0.15) is 4.99 Å². The number of benzene rings is 1. The normalized spacial score (nSPS) is 16.4. The van der Waals surface area contributed by atoms with E-state index in [1.165, 1.54) is 19.3 Å². The van der Waals surface area contributed by atoms with Crippen molar-refractivity contribution in [1.29, 1.82) is 0 Å². The number of methoxy groups -OCH3 is 1. The predicted molar refractivity (Wildman–Crippen MR) is 56.7 cm³/mol. The fourth-order valence-corrected chi connectivity index (χ4v) is 1.89.